The van der Waals surface area contributed by atoms with Gasteiger partial charge in [0.2, 0.25) is 0 Å². The molecule has 2 aromatic rings. The second-order valence-electron chi connectivity index (χ2n) is 5.32. The second-order valence-corrected chi connectivity index (χ2v) is 5.32. The fraction of sp³-hybridized carbons (Fsp3) is 0.211. The lowest BCUT2D eigenvalue weighted by Gasteiger charge is -2.31. The van der Waals surface area contributed by atoms with Crippen molar-refractivity contribution in [1.29, 1.82) is 0 Å². The molecule has 3 rings (SSSR count). The zero-order valence-electron chi connectivity index (χ0n) is 11.6. The Kier molecular flexibility index (Phi) is 3.48. The lowest BCUT2D eigenvalue weighted by Crippen LogP contribution is -2.24. The van der Waals surface area contributed by atoms with Crippen LogP contribution < -0.4 is 0 Å². The Balaban J connectivity index is 2.16. The smallest absolute Gasteiger partial charge is 0.187 e. The molecule has 1 aliphatic carbocycles. The minimum absolute atomic E-state index is 0.110. The third-order valence-electron chi connectivity index (χ3n) is 4.07. The molecule has 0 aliphatic heterocycles. The highest BCUT2D eigenvalue weighted by Crippen LogP contribution is 2.40. The summed E-state index contributed by atoms with van der Waals surface area (Å²) in [6, 6.07) is 13.8. The van der Waals surface area contributed by atoms with Gasteiger partial charge in [0, 0.05) is 12.3 Å². The maximum absolute atomic E-state index is 10.5. The van der Waals surface area contributed by atoms with E-state index < -0.39 is 6.10 Å². The number of aliphatic hydroxyl groups is 1. The first-order valence-electron chi connectivity index (χ1n) is 6.94. The summed E-state index contributed by atoms with van der Waals surface area (Å²) in [5, 5.41) is 10.5. The van der Waals surface area contributed by atoms with Crippen LogP contribution in [0.2, 0.25) is 0 Å². The van der Waals surface area contributed by atoms with Crippen molar-refractivity contribution >= 4 is 5.69 Å². The van der Waals surface area contributed by atoms with E-state index in [-0.39, 0.29) is 5.92 Å². The Morgan fingerprint density at radius 1 is 1.24 bits per heavy atom. The molecular formula is C19H15NO. The first-order chi connectivity index (χ1) is 10.2. The van der Waals surface area contributed by atoms with Crippen molar-refractivity contribution in [3.8, 4) is 12.3 Å². The quantitative estimate of drug-likeness (QED) is 0.655. The number of fused-ring (bicyclic) bond motifs is 2. The van der Waals surface area contributed by atoms with E-state index in [2.05, 4.69) is 22.9 Å². The molecule has 102 valence electrons. The van der Waals surface area contributed by atoms with Gasteiger partial charge in [0.15, 0.2) is 5.69 Å². The zero-order valence-corrected chi connectivity index (χ0v) is 11.6. The van der Waals surface area contributed by atoms with E-state index in [1.165, 1.54) is 5.56 Å². The summed E-state index contributed by atoms with van der Waals surface area (Å²) in [5.74, 6) is 2.44. The average Bonchev–Trinajstić information content (AvgIpc) is 2.52. The number of hydrogen-bond donors (Lipinski definition) is 1. The zero-order chi connectivity index (χ0) is 14.8. The van der Waals surface area contributed by atoms with Gasteiger partial charge in [-0.1, -0.05) is 48.0 Å². The highest BCUT2D eigenvalue weighted by molar-refractivity contribution is 5.57. The molecule has 1 aliphatic rings. The second kappa shape index (κ2) is 5.44. The Labute approximate surface area is 124 Å². The van der Waals surface area contributed by atoms with Crippen LogP contribution in [0.15, 0.2) is 42.5 Å². The van der Waals surface area contributed by atoms with E-state index in [9.17, 15) is 5.11 Å². The van der Waals surface area contributed by atoms with Crippen LogP contribution in [0.4, 0.5) is 5.69 Å². The predicted octanol–water partition coefficient (Wildman–Crippen LogP) is 3.66. The van der Waals surface area contributed by atoms with Gasteiger partial charge in [-0.05, 0) is 23.1 Å². The van der Waals surface area contributed by atoms with E-state index in [0.717, 1.165) is 23.1 Å². The van der Waals surface area contributed by atoms with Gasteiger partial charge in [-0.15, -0.1) is 12.3 Å². The molecule has 1 N–H and O–H groups in total. The van der Waals surface area contributed by atoms with Crippen LogP contribution in [0.25, 0.3) is 4.85 Å². The average molecular weight is 273 g/mol. The predicted molar refractivity (Wildman–Crippen MR) is 83.3 cm³/mol. The first-order valence-corrected chi connectivity index (χ1v) is 6.94. The Hall–Kier alpha value is -2.55. The molecule has 0 radical (unpaired) electrons. The van der Waals surface area contributed by atoms with Gasteiger partial charge in [-0.2, -0.15) is 0 Å². The van der Waals surface area contributed by atoms with Crippen LogP contribution >= 0.6 is 0 Å². The lowest BCUT2D eigenvalue weighted by atomic mass is 9.75. The van der Waals surface area contributed by atoms with Crippen molar-refractivity contribution in [1.82, 2.24) is 0 Å². The highest BCUT2D eigenvalue weighted by atomic mass is 16.3. The van der Waals surface area contributed by atoms with Crippen LogP contribution in [0.5, 0.6) is 0 Å². The fourth-order valence-electron chi connectivity index (χ4n) is 3.14. The van der Waals surface area contributed by atoms with Gasteiger partial charge in [-0.25, -0.2) is 4.85 Å². The number of hydrogen-bond acceptors (Lipinski definition) is 1. The van der Waals surface area contributed by atoms with Gasteiger partial charge in [0.1, 0.15) is 0 Å². The van der Waals surface area contributed by atoms with Crippen molar-refractivity contribution in [3.63, 3.8) is 0 Å². The summed E-state index contributed by atoms with van der Waals surface area (Å²) in [4.78, 5) is 3.50. The van der Waals surface area contributed by atoms with E-state index in [1.54, 1.807) is 0 Å². The Morgan fingerprint density at radius 3 is 2.76 bits per heavy atom. The Morgan fingerprint density at radius 2 is 2.00 bits per heavy atom. The minimum atomic E-state index is -0.603. The maximum Gasteiger partial charge on any atom is 0.187 e. The van der Waals surface area contributed by atoms with Crippen LogP contribution in [-0.2, 0) is 6.42 Å². The summed E-state index contributed by atoms with van der Waals surface area (Å²) in [7, 11) is 0. The van der Waals surface area contributed by atoms with Crippen molar-refractivity contribution < 1.29 is 5.11 Å². The number of nitrogens with zero attached hydrogens (tertiary/aromatic N) is 1. The molecule has 0 aromatic heterocycles. The molecule has 0 amide bonds. The molecule has 21 heavy (non-hydrogen) atoms. The molecule has 2 unspecified atom stereocenters. The summed E-state index contributed by atoms with van der Waals surface area (Å²) in [6.45, 7) is 7.16. The van der Waals surface area contributed by atoms with E-state index in [4.69, 9.17) is 13.0 Å². The number of terminal acetylenes is 1. The van der Waals surface area contributed by atoms with Gasteiger partial charge in [0.25, 0.3) is 0 Å². The molecule has 0 heterocycles. The fourth-order valence-corrected chi connectivity index (χ4v) is 3.14. The molecule has 2 heteroatoms. The third kappa shape index (κ3) is 2.31. The number of benzene rings is 2. The normalized spacial score (nSPS) is 17.0. The number of aliphatic hydroxyl groups excluding tert-OH is 1. The van der Waals surface area contributed by atoms with E-state index >= 15 is 0 Å². The van der Waals surface area contributed by atoms with Gasteiger partial charge >= 0.3 is 0 Å². The van der Waals surface area contributed by atoms with Gasteiger partial charge < -0.3 is 5.11 Å². The minimum Gasteiger partial charge on any atom is -0.391 e. The van der Waals surface area contributed by atoms with Crippen molar-refractivity contribution in [2.24, 2.45) is 0 Å². The van der Waals surface area contributed by atoms with Crippen LogP contribution in [0.3, 0.4) is 0 Å². The Bertz CT molecular complexity index is 764. The summed E-state index contributed by atoms with van der Waals surface area (Å²) in [6.07, 6.45) is 5.89. The molecule has 2 aromatic carbocycles. The van der Waals surface area contributed by atoms with Gasteiger partial charge in [0.05, 0.1) is 12.7 Å². The van der Waals surface area contributed by atoms with Crippen LogP contribution in [0.1, 0.15) is 34.6 Å². The van der Waals surface area contributed by atoms with Gasteiger partial charge in [-0.3, -0.25) is 0 Å². The lowest BCUT2D eigenvalue weighted by molar-refractivity contribution is 0.160. The summed E-state index contributed by atoms with van der Waals surface area (Å²) in [5.41, 5.74) is 5.18. The SMILES string of the molecule is [C-]#[N+]c1ccc2c(c1)Cc1ccccc1C2C(O)CC#C. The largest absolute Gasteiger partial charge is 0.391 e. The molecule has 2 atom stereocenters. The molecule has 0 spiro atoms. The molecule has 0 saturated carbocycles. The first kappa shape index (κ1) is 13.4. The van der Waals surface area contributed by atoms with Crippen LogP contribution in [-0.4, -0.2) is 11.2 Å². The standard InChI is InChI=1S/C19H15NO/c1-3-6-18(21)19-16-8-5-4-7-13(16)11-14-12-15(20-2)9-10-17(14)19/h1,4-5,7-10,12,18-19,21H,6,11H2. The van der Waals surface area contributed by atoms with Crippen molar-refractivity contribution in [2.75, 3.05) is 0 Å². The highest BCUT2D eigenvalue weighted by Gasteiger charge is 2.30. The van der Waals surface area contributed by atoms with Crippen LogP contribution in [0, 0.1) is 18.9 Å². The molecule has 0 fully saturated rings. The molecule has 0 saturated heterocycles. The topological polar surface area (TPSA) is 24.6 Å². The van der Waals surface area contributed by atoms with E-state index in [0.29, 0.717) is 12.1 Å². The van der Waals surface area contributed by atoms with E-state index in [1.807, 2.05) is 30.3 Å². The molecular weight excluding hydrogens is 258 g/mol. The number of rotatable bonds is 2. The third-order valence-corrected chi connectivity index (χ3v) is 4.07. The molecule has 0 bridgehead atoms. The summed E-state index contributed by atoms with van der Waals surface area (Å²) < 4.78 is 0. The van der Waals surface area contributed by atoms with Crippen molar-refractivity contribution in [3.05, 3.63) is 76.1 Å². The molecule has 2 nitrogen and oxygen atoms in total. The maximum atomic E-state index is 10.5. The monoisotopic (exact) mass is 273 g/mol. The summed E-state index contributed by atoms with van der Waals surface area (Å²) >= 11 is 0. The van der Waals surface area contributed by atoms with Crippen molar-refractivity contribution in [2.45, 2.75) is 24.9 Å².